The number of nitrogens with zero attached hydrogens (tertiary/aromatic N) is 11. The first-order chi connectivity index (χ1) is 41.0. The molecule has 11 nitrogen and oxygen atoms in total. The molecule has 16 aromatic rings. The molecule has 0 aliphatic rings. The van der Waals surface area contributed by atoms with Gasteiger partial charge in [-0.15, -0.1) is 0 Å². The first kappa shape index (κ1) is 46.6. The third-order valence-electron chi connectivity index (χ3n) is 16.4. The fraction of sp³-hybridized carbons (Fsp3) is 0. The minimum atomic E-state index is 0.282. The minimum absolute atomic E-state index is 0.282. The Labute approximate surface area is 472 Å². The molecular weight excluding hydrogens is 1020 g/mol. The van der Waals surface area contributed by atoms with Crippen LogP contribution in [0.25, 0.3) is 138 Å². The maximum atomic E-state index is 13.0. The molecule has 0 fully saturated rings. The first-order valence-electron chi connectivity index (χ1n) is 26.9. The average molecular weight is 1060 g/mol. The summed E-state index contributed by atoms with van der Waals surface area (Å²) in [5.74, 6) is 0.485. The molecule has 0 unspecified atom stereocenters. The summed E-state index contributed by atoms with van der Waals surface area (Å²) in [5, 5.41) is 62.0. The Morgan fingerprint density at radius 2 is 0.590 bits per heavy atom. The predicted octanol–water partition coefficient (Wildman–Crippen LogP) is 16.4. The average Bonchev–Trinajstić information content (AvgIpc) is 2.64. The summed E-state index contributed by atoms with van der Waals surface area (Å²) in [7, 11) is 0. The maximum Gasteiger partial charge on any atom is 0.149 e. The van der Waals surface area contributed by atoms with Gasteiger partial charge in [0.25, 0.3) is 0 Å². The van der Waals surface area contributed by atoms with Crippen molar-refractivity contribution in [2.75, 3.05) is 0 Å². The van der Waals surface area contributed by atoms with Crippen molar-refractivity contribution in [2.24, 2.45) is 0 Å². The normalized spacial score (nSPS) is 11.6. The summed E-state index contributed by atoms with van der Waals surface area (Å²) in [6.07, 6.45) is 0. The third-order valence-corrected chi connectivity index (χ3v) is 16.4. The molecule has 0 N–H and O–H groups in total. The maximum absolute atomic E-state index is 13.0. The summed E-state index contributed by atoms with van der Waals surface area (Å²) in [6.45, 7) is 0. The van der Waals surface area contributed by atoms with E-state index in [1.165, 1.54) is 0 Å². The number of hydrogen-bond acceptors (Lipinski definition) is 6. The van der Waals surface area contributed by atoms with Gasteiger partial charge in [0.05, 0.1) is 136 Å². The lowest BCUT2D eigenvalue weighted by molar-refractivity contribution is 1.01. The van der Waals surface area contributed by atoms with Gasteiger partial charge >= 0.3 is 0 Å². The van der Waals surface area contributed by atoms with Crippen molar-refractivity contribution in [3.8, 4) is 70.2 Å². The SMILES string of the molecule is N#Cc1ccc2c(c1)c1ccccc1n2-c1c(C#N)c(-c2nc3ccccc3n2-c2ccccc2)c(-n2c3ccccc3c3cc(C#N)ccc32)c(-n2c3ccccc3c3cc(C#N)ccc32)c1-n1c2ccccc2c2cc(C#N)ccc21. The first-order valence-corrected chi connectivity index (χ1v) is 26.9. The van der Waals surface area contributed by atoms with Crippen molar-refractivity contribution in [1.82, 2.24) is 27.8 Å². The van der Waals surface area contributed by atoms with Gasteiger partial charge in [0.1, 0.15) is 11.9 Å². The van der Waals surface area contributed by atoms with Crippen molar-refractivity contribution >= 4 is 98.3 Å². The van der Waals surface area contributed by atoms with Crippen LogP contribution >= 0.6 is 0 Å². The summed E-state index contributed by atoms with van der Waals surface area (Å²) >= 11 is 0. The molecule has 0 spiro atoms. The van der Waals surface area contributed by atoms with Crippen LogP contribution in [0.4, 0.5) is 0 Å². The molecule has 83 heavy (non-hydrogen) atoms. The van der Waals surface area contributed by atoms with E-state index < -0.39 is 0 Å². The monoisotopic (exact) mass is 1060 g/mol. The quantitative estimate of drug-likeness (QED) is 0.161. The molecule has 0 amide bonds. The summed E-state index contributed by atoms with van der Waals surface area (Å²) in [4.78, 5) is 5.70. The fourth-order valence-electron chi connectivity index (χ4n) is 13.0. The van der Waals surface area contributed by atoms with Crippen LogP contribution < -0.4 is 0 Å². The number of rotatable bonds is 6. The number of benzene rings is 11. The van der Waals surface area contributed by atoms with Crippen LogP contribution in [0.1, 0.15) is 27.8 Å². The molecule has 0 bridgehead atoms. The van der Waals surface area contributed by atoms with E-state index >= 15 is 0 Å². The number of aromatic nitrogens is 6. The van der Waals surface area contributed by atoms with Crippen LogP contribution in [-0.4, -0.2) is 27.8 Å². The number of fused-ring (bicyclic) bond motifs is 13. The Hall–Kier alpha value is -12.5. The Kier molecular flexibility index (Phi) is 9.99. The third kappa shape index (κ3) is 6.52. The molecule has 0 radical (unpaired) electrons. The zero-order valence-corrected chi connectivity index (χ0v) is 43.8. The predicted molar refractivity (Wildman–Crippen MR) is 327 cm³/mol. The van der Waals surface area contributed by atoms with Crippen molar-refractivity contribution in [1.29, 1.82) is 26.3 Å². The lowest BCUT2D eigenvalue weighted by Crippen LogP contribution is -2.17. The fourth-order valence-corrected chi connectivity index (χ4v) is 13.0. The van der Waals surface area contributed by atoms with Gasteiger partial charge in [-0.05, 0) is 121 Å². The van der Waals surface area contributed by atoms with Gasteiger partial charge in [-0.25, -0.2) is 4.98 Å². The van der Waals surface area contributed by atoms with Gasteiger partial charge in [0.15, 0.2) is 0 Å². The number of hydrogen-bond donors (Lipinski definition) is 0. The summed E-state index contributed by atoms with van der Waals surface area (Å²) in [6, 6.07) is 86.4. The van der Waals surface area contributed by atoms with E-state index in [0.29, 0.717) is 61.9 Å². The number of para-hydroxylation sites is 7. The number of imidazole rings is 1. The second-order valence-corrected chi connectivity index (χ2v) is 20.6. The van der Waals surface area contributed by atoms with E-state index in [4.69, 9.17) is 4.98 Å². The van der Waals surface area contributed by atoms with Gasteiger partial charge in [-0.2, -0.15) is 26.3 Å². The zero-order valence-electron chi connectivity index (χ0n) is 43.8. The van der Waals surface area contributed by atoms with E-state index in [2.05, 4.69) is 120 Å². The zero-order chi connectivity index (χ0) is 55.6. The topological polar surface area (TPSA) is 156 Å². The Morgan fingerprint density at radius 3 is 0.988 bits per heavy atom. The molecule has 11 aromatic carbocycles. The molecule has 5 aromatic heterocycles. The van der Waals surface area contributed by atoms with E-state index in [9.17, 15) is 26.3 Å². The molecule has 0 saturated heterocycles. The molecule has 16 rings (SSSR count). The van der Waals surface area contributed by atoms with E-state index in [0.717, 1.165) is 98.4 Å². The lowest BCUT2D eigenvalue weighted by Gasteiger charge is -2.29. The van der Waals surface area contributed by atoms with E-state index in [1.54, 1.807) is 0 Å². The van der Waals surface area contributed by atoms with Gasteiger partial charge < -0.3 is 18.3 Å². The van der Waals surface area contributed by atoms with Crippen molar-refractivity contribution < 1.29 is 0 Å². The standard InChI is InChI=1S/C72H37N11/c73-38-43-26-30-62-52(34-43)48-16-4-9-21-58(48)80(62)68-56(42-77)67(72-78-57-20-8-13-25-66(57)79(72)47-14-2-1-3-15-47)69(81-59-22-10-5-17-49(59)53-35-44(39-74)27-31-63(53)81)71(83-61-24-12-7-19-51(61)55-37-46(41-76)29-33-65(55)83)70(68)82-60-23-11-6-18-50(60)54-36-45(40-75)28-32-64(54)82/h1-37H. The minimum Gasteiger partial charge on any atom is -0.306 e. The Balaban J connectivity index is 1.30. The molecule has 0 aliphatic carbocycles. The highest BCUT2D eigenvalue weighted by molar-refractivity contribution is 6.17. The highest BCUT2D eigenvalue weighted by atomic mass is 15.2. The summed E-state index contributed by atoms with van der Waals surface area (Å²) in [5.41, 5.74) is 13.7. The molecule has 380 valence electrons. The summed E-state index contributed by atoms with van der Waals surface area (Å²) < 4.78 is 11.1. The molecule has 0 aliphatic heterocycles. The smallest absolute Gasteiger partial charge is 0.149 e. The molecular formula is C72H37N11. The Morgan fingerprint density at radius 1 is 0.265 bits per heavy atom. The second-order valence-electron chi connectivity index (χ2n) is 20.6. The lowest BCUT2D eigenvalue weighted by atomic mass is 9.96. The van der Waals surface area contributed by atoms with Gasteiger partial charge in [0.2, 0.25) is 0 Å². The van der Waals surface area contributed by atoms with Crippen molar-refractivity contribution in [3.63, 3.8) is 0 Å². The highest BCUT2D eigenvalue weighted by Crippen LogP contribution is 2.52. The molecule has 5 heterocycles. The largest absolute Gasteiger partial charge is 0.306 e. The van der Waals surface area contributed by atoms with Gasteiger partial charge in [-0.1, -0.05) is 103 Å². The van der Waals surface area contributed by atoms with Crippen molar-refractivity contribution in [2.45, 2.75) is 0 Å². The van der Waals surface area contributed by atoms with Gasteiger partial charge in [-0.3, -0.25) is 4.57 Å². The molecule has 0 saturated carbocycles. The van der Waals surface area contributed by atoms with Crippen molar-refractivity contribution in [3.05, 3.63) is 252 Å². The second kappa shape index (κ2) is 17.8. The van der Waals surface area contributed by atoms with Crippen LogP contribution in [0, 0.1) is 56.7 Å². The molecule has 11 heteroatoms. The number of nitriles is 5. The van der Waals surface area contributed by atoms with E-state index in [1.807, 2.05) is 158 Å². The Bertz CT molecular complexity index is 5770. The van der Waals surface area contributed by atoms with Crippen LogP contribution in [-0.2, 0) is 0 Å². The van der Waals surface area contributed by atoms with Crippen LogP contribution in [0.2, 0.25) is 0 Å². The highest BCUT2D eigenvalue weighted by Gasteiger charge is 2.37. The van der Waals surface area contributed by atoms with Gasteiger partial charge in [0, 0.05) is 48.8 Å². The van der Waals surface area contributed by atoms with E-state index in [-0.39, 0.29) is 5.56 Å². The van der Waals surface area contributed by atoms with Crippen LogP contribution in [0.3, 0.4) is 0 Å². The van der Waals surface area contributed by atoms with Crippen LogP contribution in [0.5, 0.6) is 0 Å². The van der Waals surface area contributed by atoms with Crippen LogP contribution in [0.15, 0.2) is 224 Å². The molecule has 0 atom stereocenters.